The van der Waals surface area contributed by atoms with Gasteiger partial charge in [-0.1, -0.05) is 12.1 Å². The number of aromatic amines is 1. The van der Waals surface area contributed by atoms with Crippen molar-refractivity contribution >= 4 is 17.5 Å². The maximum atomic E-state index is 11.9. The van der Waals surface area contributed by atoms with E-state index < -0.39 is 5.91 Å². The van der Waals surface area contributed by atoms with Gasteiger partial charge in [-0.2, -0.15) is 0 Å². The lowest BCUT2D eigenvalue weighted by molar-refractivity contribution is -0.114. The Bertz CT molecular complexity index is 705. The lowest BCUT2D eigenvalue weighted by atomic mass is 10.2. The number of aromatic nitrogens is 1. The molecule has 0 aliphatic heterocycles. The Balaban J connectivity index is 1.97. The van der Waals surface area contributed by atoms with Gasteiger partial charge in [0.05, 0.1) is 0 Å². The summed E-state index contributed by atoms with van der Waals surface area (Å²) in [6.07, 6.45) is 2.84. The van der Waals surface area contributed by atoms with Gasteiger partial charge in [0.1, 0.15) is 5.56 Å². The second kappa shape index (κ2) is 6.51. The van der Waals surface area contributed by atoms with E-state index in [0.717, 1.165) is 5.56 Å². The number of pyridine rings is 1. The van der Waals surface area contributed by atoms with Gasteiger partial charge in [0, 0.05) is 37.6 Å². The van der Waals surface area contributed by atoms with Crippen molar-refractivity contribution in [3.8, 4) is 0 Å². The minimum Gasteiger partial charge on any atom is -0.367 e. The first-order valence-electron chi connectivity index (χ1n) is 6.38. The smallest absolute Gasteiger partial charge is 0.257 e. The Hall–Kier alpha value is -2.89. The van der Waals surface area contributed by atoms with Crippen LogP contribution >= 0.6 is 0 Å². The number of rotatable bonds is 4. The molecule has 0 spiro atoms. The van der Waals surface area contributed by atoms with Crippen LogP contribution in [0.2, 0.25) is 0 Å². The molecule has 2 amide bonds. The summed E-state index contributed by atoms with van der Waals surface area (Å²) in [5.41, 5.74) is 1.31. The SMILES string of the molecule is CC(=O)Nc1ccc(CNC(=O)c2c[nH]ccc2=O)cc1. The van der Waals surface area contributed by atoms with Crippen LogP contribution in [0.5, 0.6) is 0 Å². The molecular formula is C15H15N3O3. The van der Waals surface area contributed by atoms with Gasteiger partial charge in [0.25, 0.3) is 5.91 Å². The van der Waals surface area contributed by atoms with E-state index in [2.05, 4.69) is 15.6 Å². The van der Waals surface area contributed by atoms with Gasteiger partial charge < -0.3 is 15.6 Å². The van der Waals surface area contributed by atoms with E-state index in [0.29, 0.717) is 12.2 Å². The van der Waals surface area contributed by atoms with Crippen molar-refractivity contribution < 1.29 is 9.59 Å². The predicted molar refractivity (Wildman–Crippen MR) is 79.0 cm³/mol. The molecule has 0 fully saturated rings. The molecule has 0 bridgehead atoms. The zero-order valence-electron chi connectivity index (χ0n) is 11.5. The van der Waals surface area contributed by atoms with Gasteiger partial charge in [-0.15, -0.1) is 0 Å². The lowest BCUT2D eigenvalue weighted by Gasteiger charge is -2.06. The molecule has 0 saturated carbocycles. The second-order valence-corrected chi connectivity index (χ2v) is 4.48. The number of nitrogens with one attached hydrogen (secondary N) is 3. The summed E-state index contributed by atoms with van der Waals surface area (Å²) < 4.78 is 0. The number of H-pyrrole nitrogens is 1. The highest BCUT2D eigenvalue weighted by molar-refractivity contribution is 5.93. The zero-order chi connectivity index (χ0) is 15.2. The summed E-state index contributed by atoms with van der Waals surface area (Å²) in [6.45, 7) is 1.74. The van der Waals surface area contributed by atoms with Crippen molar-refractivity contribution in [2.24, 2.45) is 0 Å². The van der Waals surface area contributed by atoms with Crippen LogP contribution in [0, 0.1) is 0 Å². The summed E-state index contributed by atoms with van der Waals surface area (Å²) in [7, 11) is 0. The normalized spacial score (nSPS) is 9.95. The Morgan fingerprint density at radius 3 is 2.48 bits per heavy atom. The van der Waals surface area contributed by atoms with Crippen molar-refractivity contribution in [2.45, 2.75) is 13.5 Å². The van der Waals surface area contributed by atoms with Gasteiger partial charge in [-0.25, -0.2) is 0 Å². The van der Waals surface area contributed by atoms with E-state index in [1.165, 1.54) is 25.4 Å². The summed E-state index contributed by atoms with van der Waals surface area (Å²) >= 11 is 0. The third-order valence-corrected chi connectivity index (χ3v) is 2.80. The largest absolute Gasteiger partial charge is 0.367 e. The van der Waals surface area contributed by atoms with Crippen LogP contribution in [0.25, 0.3) is 0 Å². The molecule has 0 radical (unpaired) electrons. The quantitative estimate of drug-likeness (QED) is 0.790. The average molecular weight is 285 g/mol. The van der Waals surface area contributed by atoms with Gasteiger partial charge in [-0.3, -0.25) is 14.4 Å². The highest BCUT2D eigenvalue weighted by Crippen LogP contribution is 2.09. The molecule has 0 saturated heterocycles. The van der Waals surface area contributed by atoms with E-state index >= 15 is 0 Å². The number of carbonyl (C=O) groups is 2. The Kier molecular flexibility index (Phi) is 4.50. The molecule has 3 N–H and O–H groups in total. The van der Waals surface area contributed by atoms with E-state index in [4.69, 9.17) is 0 Å². The molecule has 6 heteroatoms. The molecule has 0 aliphatic rings. The first-order valence-corrected chi connectivity index (χ1v) is 6.38. The third-order valence-electron chi connectivity index (χ3n) is 2.80. The van der Waals surface area contributed by atoms with Crippen LogP contribution in [0.15, 0.2) is 47.5 Å². The zero-order valence-corrected chi connectivity index (χ0v) is 11.5. The minimum atomic E-state index is -0.428. The summed E-state index contributed by atoms with van der Waals surface area (Å²) in [6, 6.07) is 8.38. The van der Waals surface area contributed by atoms with Gasteiger partial charge in [-0.05, 0) is 17.7 Å². The second-order valence-electron chi connectivity index (χ2n) is 4.48. The maximum Gasteiger partial charge on any atom is 0.257 e. The number of anilines is 1. The van der Waals surface area contributed by atoms with E-state index in [9.17, 15) is 14.4 Å². The van der Waals surface area contributed by atoms with Gasteiger partial charge in [0.15, 0.2) is 5.43 Å². The highest BCUT2D eigenvalue weighted by atomic mass is 16.2. The highest BCUT2D eigenvalue weighted by Gasteiger charge is 2.08. The lowest BCUT2D eigenvalue weighted by Crippen LogP contribution is -2.27. The Morgan fingerprint density at radius 2 is 1.86 bits per heavy atom. The summed E-state index contributed by atoms with van der Waals surface area (Å²) in [5.74, 6) is -0.567. The minimum absolute atomic E-state index is 0.0763. The average Bonchev–Trinajstić information content (AvgIpc) is 2.46. The standard InChI is InChI=1S/C15H15N3O3/c1-10(19)18-12-4-2-11(3-5-12)8-17-15(21)13-9-16-7-6-14(13)20/h2-7,9H,8H2,1H3,(H,16,20)(H,17,21)(H,18,19). The molecule has 0 unspecified atom stereocenters. The van der Waals surface area contributed by atoms with Crippen LogP contribution in [-0.2, 0) is 11.3 Å². The molecule has 108 valence electrons. The number of hydrogen-bond acceptors (Lipinski definition) is 3. The van der Waals surface area contributed by atoms with Gasteiger partial charge >= 0.3 is 0 Å². The first-order chi connectivity index (χ1) is 10.1. The van der Waals surface area contributed by atoms with Crippen molar-refractivity contribution in [3.63, 3.8) is 0 Å². The molecule has 1 aromatic heterocycles. The molecule has 0 atom stereocenters. The number of benzene rings is 1. The molecule has 1 heterocycles. The fraction of sp³-hybridized carbons (Fsp3) is 0.133. The van der Waals surface area contributed by atoms with Crippen LogP contribution in [-0.4, -0.2) is 16.8 Å². The number of hydrogen-bond donors (Lipinski definition) is 3. The van der Waals surface area contributed by atoms with Crippen LogP contribution in [0.4, 0.5) is 5.69 Å². The topological polar surface area (TPSA) is 91.1 Å². The Labute approximate surface area is 121 Å². The number of amides is 2. The third kappa shape index (κ3) is 4.04. The summed E-state index contributed by atoms with van der Waals surface area (Å²) in [4.78, 5) is 37.0. The first kappa shape index (κ1) is 14.5. The van der Waals surface area contributed by atoms with Crippen molar-refractivity contribution in [3.05, 3.63) is 64.1 Å². The van der Waals surface area contributed by atoms with Crippen molar-refractivity contribution in [2.75, 3.05) is 5.32 Å². The van der Waals surface area contributed by atoms with E-state index in [1.54, 1.807) is 24.3 Å². The molecule has 6 nitrogen and oxygen atoms in total. The summed E-state index contributed by atoms with van der Waals surface area (Å²) in [5, 5.41) is 5.33. The monoisotopic (exact) mass is 285 g/mol. The fourth-order valence-corrected chi connectivity index (χ4v) is 1.78. The van der Waals surface area contributed by atoms with Gasteiger partial charge in [0.2, 0.25) is 5.91 Å². The van der Waals surface area contributed by atoms with Crippen LogP contribution in [0.3, 0.4) is 0 Å². The fourth-order valence-electron chi connectivity index (χ4n) is 1.78. The van der Waals surface area contributed by atoms with E-state index in [1.807, 2.05) is 0 Å². The molecule has 1 aromatic carbocycles. The molecule has 21 heavy (non-hydrogen) atoms. The molecule has 2 rings (SSSR count). The van der Waals surface area contributed by atoms with Crippen LogP contribution in [0.1, 0.15) is 22.8 Å². The van der Waals surface area contributed by atoms with Crippen LogP contribution < -0.4 is 16.1 Å². The van der Waals surface area contributed by atoms with E-state index in [-0.39, 0.29) is 16.9 Å². The molecular weight excluding hydrogens is 270 g/mol. The number of carbonyl (C=O) groups excluding carboxylic acids is 2. The Morgan fingerprint density at radius 1 is 1.14 bits per heavy atom. The van der Waals surface area contributed by atoms with Crippen molar-refractivity contribution in [1.82, 2.24) is 10.3 Å². The van der Waals surface area contributed by atoms with Crippen molar-refractivity contribution in [1.29, 1.82) is 0 Å². The molecule has 2 aromatic rings. The predicted octanol–water partition coefficient (Wildman–Crippen LogP) is 1.26. The molecule has 0 aliphatic carbocycles. The maximum absolute atomic E-state index is 11.9.